The van der Waals surface area contributed by atoms with Gasteiger partial charge in [-0.15, -0.1) is 0 Å². The summed E-state index contributed by atoms with van der Waals surface area (Å²) in [5.41, 5.74) is 3.39. The molecule has 0 atom stereocenters. The van der Waals surface area contributed by atoms with E-state index in [9.17, 15) is 13.2 Å². The van der Waals surface area contributed by atoms with Gasteiger partial charge >= 0.3 is 0 Å². The second-order valence-electron chi connectivity index (χ2n) is 8.75. The molecule has 0 spiro atoms. The molecule has 1 heterocycles. The highest BCUT2D eigenvalue weighted by Gasteiger charge is 2.25. The number of rotatable bonds is 8. The largest absolute Gasteiger partial charge is 0.341 e. The monoisotopic (exact) mass is 442 g/mol. The highest BCUT2D eigenvalue weighted by Crippen LogP contribution is 2.21. The van der Waals surface area contributed by atoms with Crippen LogP contribution in [-0.4, -0.2) is 43.7 Å². The number of nitrogens with zero attached hydrogens (tertiary/aromatic N) is 2. The summed E-state index contributed by atoms with van der Waals surface area (Å²) in [6, 6.07) is 15.4. The van der Waals surface area contributed by atoms with E-state index in [1.54, 1.807) is 21.3 Å². The first-order chi connectivity index (χ1) is 14.8. The number of carbonyl (C=O) groups is 1. The van der Waals surface area contributed by atoms with Crippen molar-refractivity contribution in [1.29, 1.82) is 0 Å². The van der Waals surface area contributed by atoms with Crippen molar-refractivity contribution in [2.45, 2.75) is 63.3 Å². The van der Waals surface area contributed by atoms with Crippen LogP contribution in [0.25, 0.3) is 0 Å². The van der Waals surface area contributed by atoms with Gasteiger partial charge in [-0.1, -0.05) is 56.7 Å². The first kappa shape index (κ1) is 23.5. The third kappa shape index (κ3) is 6.17. The molecule has 0 unspecified atom stereocenters. The Morgan fingerprint density at radius 3 is 2.10 bits per heavy atom. The van der Waals surface area contributed by atoms with Crippen molar-refractivity contribution in [3.05, 3.63) is 65.2 Å². The number of hydrogen-bond donors (Lipinski definition) is 0. The Morgan fingerprint density at radius 1 is 0.935 bits per heavy atom. The third-order valence-electron chi connectivity index (χ3n) is 6.00. The zero-order valence-electron chi connectivity index (χ0n) is 18.9. The van der Waals surface area contributed by atoms with E-state index in [2.05, 4.69) is 38.1 Å². The van der Waals surface area contributed by atoms with Gasteiger partial charge in [0.05, 0.1) is 4.90 Å². The van der Waals surface area contributed by atoms with Crippen molar-refractivity contribution in [2.75, 3.05) is 20.1 Å². The molecule has 3 rings (SSSR count). The molecule has 0 aliphatic carbocycles. The normalized spacial score (nSPS) is 15.2. The third-order valence-corrected chi connectivity index (χ3v) is 7.91. The van der Waals surface area contributed by atoms with Crippen molar-refractivity contribution in [3.8, 4) is 0 Å². The highest BCUT2D eigenvalue weighted by atomic mass is 32.2. The topological polar surface area (TPSA) is 57.7 Å². The maximum absolute atomic E-state index is 12.8. The van der Waals surface area contributed by atoms with Crippen LogP contribution < -0.4 is 0 Å². The maximum Gasteiger partial charge on any atom is 0.243 e. The van der Waals surface area contributed by atoms with E-state index in [-0.39, 0.29) is 5.91 Å². The molecule has 1 fully saturated rings. The van der Waals surface area contributed by atoms with Crippen LogP contribution >= 0.6 is 0 Å². The minimum atomic E-state index is -3.41. The molecule has 1 aliphatic rings. The molecule has 0 radical (unpaired) electrons. The number of aryl methyl sites for hydroxylation is 1. The average molecular weight is 443 g/mol. The summed E-state index contributed by atoms with van der Waals surface area (Å²) in [5, 5.41) is 0. The molecular formula is C25H34N2O3S. The summed E-state index contributed by atoms with van der Waals surface area (Å²) in [6.45, 7) is 6.13. The van der Waals surface area contributed by atoms with Gasteiger partial charge in [-0.25, -0.2) is 8.42 Å². The predicted octanol–water partition coefficient (Wildman–Crippen LogP) is 4.58. The van der Waals surface area contributed by atoms with Crippen LogP contribution in [0.5, 0.6) is 0 Å². The average Bonchev–Trinajstić information content (AvgIpc) is 2.78. The maximum atomic E-state index is 12.8. The Balaban J connectivity index is 1.52. The lowest BCUT2D eigenvalue weighted by atomic mass is 10.0. The van der Waals surface area contributed by atoms with Crippen LogP contribution in [0.2, 0.25) is 0 Å². The molecule has 1 amide bonds. The van der Waals surface area contributed by atoms with Crippen LogP contribution in [0.4, 0.5) is 0 Å². The second kappa shape index (κ2) is 10.4. The minimum Gasteiger partial charge on any atom is -0.341 e. The van der Waals surface area contributed by atoms with E-state index in [1.165, 1.54) is 5.56 Å². The zero-order valence-corrected chi connectivity index (χ0v) is 19.7. The number of carbonyl (C=O) groups excluding carboxylic acids is 1. The van der Waals surface area contributed by atoms with Gasteiger partial charge in [-0.2, -0.15) is 4.31 Å². The Hall–Kier alpha value is -2.18. The standard InChI is InChI=1S/C25H34N2O3S/c1-20(2)23-12-7-22(8-13-23)19-26(3)25(28)16-11-21-9-14-24(15-10-21)31(29,30)27-17-5-4-6-18-27/h7-10,12-15,20H,4-6,11,16-19H2,1-3H3. The first-order valence-electron chi connectivity index (χ1n) is 11.2. The second-order valence-corrected chi connectivity index (χ2v) is 10.7. The number of benzene rings is 2. The molecule has 168 valence electrons. The number of hydrogen-bond acceptors (Lipinski definition) is 3. The van der Waals surface area contributed by atoms with Gasteiger partial charge in [0.25, 0.3) is 0 Å². The van der Waals surface area contributed by atoms with E-state index in [4.69, 9.17) is 0 Å². The molecule has 2 aromatic rings. The summed E-state index contributed by atoms with van der Waals surface area (Å²) in [6.07, 6.45) is 3.94. The van der Waals surface area contributed by atoms with Gasteiger partial charge in [-0.3, -0.25) is 4.79 Å². The molecule has 0 saturated carbocycles. The Kier molecular flexibility index (Phi) is 7.89. The molecule has 0 aromatic heterocycles. The van der Waals surface area contributed by atoms with Crippen LogP contribution in [-0.2, 0) is 27.8 Å². The lowest BCUT2D eigenvalue weighted by Crippen LogP contribution is -2.35. The zero-order chi connectivity index (χ0) is 22.4. The van der Waals surface area contributed by atoms with Gasteiger partial charge < -0.3 is 4.90 Å². The first-order valence-corrected chi connectivity index (χ1v) is 12.6. The Labute approximate surface area is 187 Å². The molecule has 1 aliphatic heterocycles. The lowest BCUT2D eigenvalue weighted by Gasteiger charge is -2.25. The van der Waals surface area contributed by atoms with Crippen LogP contribution in [0, 0.1) is 0 Å². The van der Waals surface area contributed by atoms with E-state index in [0.717, 1.165) is 30.4 Å². The van der Waals surface area contributed by atoms with Crippen LogP contribution in [0.15, 0.2) is 53.4 Å². The molecule has 0 bridgehead atoms. The van der Waals surface area contributed by atoms with Gasteiger partial charge in [0.15, 0.2) is 0 Å². The van der Waals surface area contributed by atoms with E-state index in [1.807, 2.05) is 19.2 Å². The molecule has 0 N–H and O–H groups in total. The minimum absolute atomic E-state index is 0.0814. The number of sulfonamides is 1. The van der Waals surface area contributed by atoms with E-state index < -0.39 is 10.0 Å². The molecule has 5 nitrogen and oxygen atoms in total. The van der Waals surface area contributed by atoms with Crippen molar-refractivity contribution in [3.63, 3.8) is 0 Å². The highest BCUT2D eigenvalue weighted by molar-refractivity contribution is 7.89. The fourth-order valence-electron chi connectivity index (χ4n) is 3.89. The lowest BCUT2D eigenvalue weighted by molar-refractivity contribution is -0.130. The van der Waals surface area contributed by atoms with Crippen molar-refractivity contribution >= 4 is 15.9 Å². The molecule has 6 heteroatoms. The summed E-state index contributed by atoms with van der Waals surface area (Å²) < 4.78 is 27.1. The summed E-state index contributed by atoms with van der Waals surface area (Å²) in [4.78, 5) is 14.6. The fraction of sp³-hybridized carbons (Fsp3) is 0.480. The van der Waals surface area contributed by atoms with Gasteiger partial charge in [0.1, 0.15) is 0 Å². The summed E-state index contributed by atoms with van der Waals surface area (Å²) >= 11 is 0. The molecule has 2 aromatic carbocycles. The quantitative estimate of drug-likeness (QED) is 0.601. The van der Waals surface area contributed by atoms with Crippen molar-refractivity contribution < 1.29 is 13.2 Å². The van der Waals surface area contributed by atoms with Gasteiger partial charge in [0, 0.05) is 33.1 Å². The molecule has 31 heavy (non-hydrogen) atoms. The number of amides is 1. The van der Waals surface area contributed by atoms with Crippen LogP contribution in [0.1, 0.15) is 62.1 Å². The SMILES string of the molecule is CC(C)c1ccc(CN(C)C(=O)CCc2ccc(S(=O)(=O)N3CCCCC3)cc2)cc1. The fourth-order valence-corrected chi connectivity index (χ4v) is 5.41. The number of piperidine rings is 1. The van der Waals surface area contributed by atoms with Crippen LogP contribution in [0.3, 0.4) is 0 Å². The van der Waals surface area contributed by atoms with Gasteiger partial charge in [0.2, 0.25) is 15.9 Å². The summed E-state index contributed by atoms with van der Waals surface area (Å²) in [5.74, 6) is 0.576. The molecule has 1 saturated heterocycles. The van der Waals surface area contributed by atoms with Gasteiger partial charge in [-0.05, 0) is 54.0 Å². The Morgan fingerprint density at radius 2 is 1.52 bits per heavy atom. The predicted molar refractivity (Wildman–Crippen MR) is 124 cm³/mol. The Bertz CT molecular complexity index is 961. The van der Waals surface area contributed by atoms with E-state index >= 15 is 0 Å². The van der Waals surface area contributed by atoms with Crippen molar-refractivity contribution in [2.24, 2.45) is 0 Å². The summed E-state index contributed by atoms with van der Waals surface area (Å²) in [7, 11) is -1.58. The van der Waals surface area contributed by atoms with Crippen molar-refractivity contribution in [1.82, 2.24) is 9.21 Å². The van der Waals surface area contributed by atoms with E-state index in [0.29, 0.717) is 43.3 Å². The molecular weight excluding hydrogens is 408 g/mol. The smallest absolute Gasteiger partial charge is 0.243 e.